The Morgan fingerprint density at radius 2 is 1.73 bits per heavy atom. The molecule has 2 heterocycles. The van der Waals surface area contributed by atoms with Crippen molar-refractivity contribution in [3.05, 3.63) is 68.0 Å². The van der Waals surface area contributed by atoms with Gasteiger partial charge >= 0.3 is 5.69 Å². The molecule has 0 saturated carbocycles. The van der Waals surface area contributed by atoms with Crippen molar-refractivity contribution in [1.82, 2.24) is 19.8 Å². The van der Waals surface area contributed by atoms with E-state index in [1.165, 1.54) is 17.3 Å². The average molecular weight is 354 g/mol. The lowest BCUT2D eigenvalue weighted by molar-refractivity contribution is 0.0756. The first-order chi connectivity index (χ1) is 12.6. The van der Waals surface area contributed by atoms with Gasteiger partial charge in [-0.3, -0.25) is 19.5 Å². The normalized spacial score (nSPS) is 18.5. The Balaban J connectivity index is 1.43. The summed E-state index contributed by atoms with van der Waals surface area (Å²) >= 11 is 0. The van der Waals surface area contributed by atoms with Crippen LogP contribution in [-0.2, 0) is 12.8 Å². The number of nitrogens with one attached hydrogen (secondary N) is 2. The summed E-state index contributed by atoms with van der Waals surface area (Å²) in [6.07, 6.45) is 4.20. The number of rotatable bonds is 2. The third-order valence-electron chi connectivity index (χ3n) is 5.41. The van der Waals surface area contributed by atoms with Crippen molar-refractivity contribution in [2.75, 3.05) is 26.2 Å². The molecule has 2 aliphatic rings. The van der Waals surface area contributed by atoms with Gasteiger partial charge in [-0.2, -0.15) is 0 Å². The van der Waals surface area contributed by atoms with Gasteiger partial charge < -0.3 is 9.88 Å². The lowest BCUT2D eigenvalue weighted by Crippen LogP contribution is -2.41. The van der Waals surface area contributed by atoms with Crippen LogP contribution < -0.4 is 11.2 Å². The van der Waals surface area contributed by atoms with Crippen LogP contribution in [0.25, 0.3) is 0 Å². The van der Waals surface area contributed by atoms with Crippen molar-refractivity contribution in [3.8, 4) is 0 Å². The molecule has 1 fully saturated rings. The molecule has 0 radical (unpaired) electrons. The molecule has 0 bridgehead atoms. The molecule has 1 aromatic heterocycles. The molecule has 26 heavy (non-hydrogen) atoms. The number of carbonyl (C=O) groups is 1. The number of aromatic nitrogens is 2. The first-order valence-electron chi connectivity index (χ1n) is 9.04. The summed E-state index contributed by atoms with van der Waals surface area (Å²) in [6.45, 7) is 2.95. The third-order valence-corrected chi connectivity index (χ3v) is 5.41. The fourth-order valence-electron chi connectivity index (χ4n) is 4.04. The van der Waals surface area contributed by atoms with Crippen LogP contribution in [0.15, 0.2) is 40.1 Å². The summed E-state index contributed by atoms with van der Waals surface area (Å²) in [6, 6.07) is 9.06. The Morgan fingerprint density at radius 3 is 2.42 bits per heavy atom. The Bertz CT molecular complexity index is 908. The SMILES string of the molecule is O=C(c1c[nH]c(=O)[nH]c1=O)N1CCCN(C2Cc3ccccc3C2)CC1. The number of H-pyrrole nitrogens is 2. The Labute approximate surface area is 150 Å². The standard InChI is InChI=1S/C19H22N4O3/c24-17-16(12-20-19(26)21-17)18(25)23-7-3-6-22(8-9-23)15-10-13-4-1-2-5-14(13)11-15/h1-2,4-5,12,15H,3,6-11H2,(H2,20,21,24,26). The minimum atomic E-state index is -0.633. The molecular formula is C19H22N4O3. The third kappa shape index (κ3) is 3.22. The fourth-order valence-corrected chi connectivity index (χ4v) is 4.04. The highest BCUT2D eigenvalue weighted by Gasteiger charge is 2.29. The van der Waals surface area contributed by atoms with Gasteiger partial charge in [-0.1, -0.05) is 24.3 Å². The second-order valence-corrected chi connectivity index (χ2v) is 7.00. The topological polar surface area (TPSA) is 89.3 Å². The van der Waals surface area contributed by atoms with E-state index in [0.717, 1.165) is 32.4 Å². The molecule has 1 aliphatic carbocycles. The summed E-state index contributed by atoms with van der Waals surface area (Å²) in [4.78, 5) is 44.3. The molecule has 4 rings (SSSR count). The summed E-state index contributed by atoms with van der Waals surface area (Å²) in [5, 5.41) is 0. The van der Waals surface area contributed by atoms with Gasteiger partial charge in [0.15, 0.2) is 0 Å². The lowest BCUT2D eigenvalue weighted by Gasteiger charge is -2.27. The Kier molecular flexibility index (Phi) is 4.46. The van der Waals surface area contributed by atoms with Crippen LogP contribution in [0.5, 0.6) is 0 Å². The molecule has 2 N–H and O–H groups in total. The summed E-state index contributed by atoms with van der Waals surface area (Å²) in [5.74, 6) is -0.320. The van der Waals surface area contributed by atoms with Gasteiger partial charge in [0, 0.05) is 38.4 Å². The predicted octanol–water partition coefficient (Wildman–Crippen LogP) is 0.379. The molecule has 1 saturated heterocycles. The number of benzene rings is 1. The quantitative estimate of drug-likeness (QED) is 0.816. The van der Waals surface area contributed by atoms with Crippen LogP contribution in [0.4, 0.5) is 0 Å². The molecule has 0 unspecified atom stereocenters. The van der Waals surface area contributed by atoms with E-state index in [-0.39, 0.29) is 11.5 Å². The van der Waals surface area contributed by atoms with Crippen molar-refractivity contribution in [3.63, 3.8) is 0 Å². The van der Waals surface area contributed by atoms with Crippen LogP contribution >= 0.6 is 0 Å². The second kappa shape index (κ2) is 6.92. The maximum absolute atomic E-state index is 12.7. The van der Waals surface area contributed by atoms with Crippen molar-refractivity contribution in [1.29, 1.82) is 0 Å². The highest BCUT2D eigenvalue weighted by Crippen LogP contribution is 2.26. The largest absolute Gasteiger partial charge is 0.337 e. The number of hydrogen-bond acceptors (Lipinski definition) is 4. The molecule has 0 spiro atoms. The van der Waals surface area contributed by atoms with Gasteiger partial charge in [0.1, 0.15) is 5.56 Å². The highest BCUT2D eigenvalue weighted by atomic mass is 16.2. The molecule has 136 valence electrons. The Hall–Kier alpha value is -2.67. The van der Waals surface area contributed by atoms with Crippen molar-refractivity contribution < 1.29 is 4.79 Å². The average Bonchev–Trinajstić information content (AvgIpc) is 2.90. The zero-order valence-electron chi connectivity index (χ0n) is 14.5. The van der Waals surface area contributed by atoms with Crippen LogP contribution in [-0.4, -0.2) is 57.9 Å². The van der Waals surface area contributed by atoms with E-state index in [1.807, 2.05) is 0 Å². The minimum absolute atomic E-state index is 0.00804. The molecule has 7 heteroatoms. The van der Waals surface area contributed by atoms with E-state index >= 15 is 0 Å². The van der Waals surface area contributed by atoms with Gasteiger partial charge in [-0.05, 0) is 30.4 Å². The van der Waals surface area contributed by atoms with Crippen LogP contribution in [0.1, 0.15) is 27.9 Å². The predicted molar refractivity (Wildman–Crippen MR) is 97.4 cm³/mol. The number of amides is 1. The first kappa shape index (κ1) is 16.8. The number of aromatic amines is 2. The molecule has 7 nitrogen and oxygen atoms in total. The lowest BCUT2D eigenvalue weighted by atomic mass is 10.1. The molecule has 1 aromatic carbocycles. The molecule has 0 atom stereocenters. The van der Waals surface area contributed by atoms with Crippen LogP contribution in [0.3, 0.4) is 0 Å². The second-order valence-electron chi connectivity index (χ2n) is 7.00. The van der Waals surface area contributed by atoms with E-state index in [2.05, 4.69) is 39.1 Å². The minimum Gasteiger partial charge on any atom is -0.337 e. The summed E-state index contributed by atoms with van der Waals surface area (Å²) in [5.41, 5.74) is 1.61. The Morgan fingerprint density at radius 1 is 1.00 bits per heavy atom. The van der Waals surface area contributed by atoms with E-state index in [9.17, 15) is 14.4 Å². The first-order valence-corrected chi connectivity index (χ1v) is 9.04. The zero-order chi connectivity index (χ0) is 18.1. The van der Waals surface area contributed by atoms with Gasteiger partial charge in [-0.15, -0.1) is 0 Å². The monoisotopic (exact) mass is 354 g/mol. The highest BCUT2D eigenvalue weighted by molar-refractivity contribution is 5.93. The van der Waals surface area contributed by atoms with Crippen molar-refractivity contribution in [2.24, 2.45) is 0 Å². The molecule has 1 amide bonds. The number of fused-ring (bicyclic) bond motifs is 1. The van der Waals surface area contributed by atoms with Gasteiger partial charge in [0.2, 0.25) is 0 Å². The number of nitrogens with zero attached hydrogens (tertiary/aromatic N) is 2. The summed E-state index contributed by atoms with van der Waals surface area (Å²) in [7, 11) is 0. The van der Waals surface area contributed by atoms with Crippen LogP contribution in [0.2, 0.25) is 0 Å². The molecule has 2 aromatic rings. The zero-order valence-corrected chi connectivity index (χ0v) is 14.5. The van der Waals surface area contributed by atoms with E-state index in [1.54, 1.807) is 4.90 Å². The molecule has 1 aliphatic heterocycles. The fraction of sp³-hybridized carbons (Fsp3) is 0.421. The van der Waals surface area contributed by atoms with E-state index in [4.69, 9.17) is 0 Å². The van der Waals surface area contributed by atoms with Gasteiger partial charge in [0.25, 0.3) is 11.5 Å². The van der Waals surface area contributed by atoms with Gasteiger partial charge in [-0.25, -0.2) is 4.79 Å². The van der Waals surface area contributed by atoms with Crippen molar-refractivity contribution in [2.45, 2.75) is 25.3 Å². The maximum atomic E-state index is 12.7. The summed E-state index contributed by atoms with van der Waals surface area (Å²) < 4.78 is 0. The van der Waals surface area contributed by atoms with Crippen LogP contribution in [0, 0.1) is 0 Å². The number of carbonyl (C=O) groups excluding carboxylic acids is 1. The molecular weight excluding hydrogens is 332 g/mol. The number of hydrogen-bond donors (Lipinski definition) is 2. The maximum Gasteiger partial charge on any atom is 0.325 e. The van der Waals surface area contributed by atoms with Crippen molar-refractivity contribution >= 4 is 5.91 Å². The van der Waals surface area contributed by atoms with E-state index in [0.29, 0.717) is 19.1 Å². The van der Waals surface area contributed by atoms with E-state index < -0.39 is 11.2 Å². The van der Waals surface area contributed by atoms with Gasteiger partial charge in [0.05, 0.1) is 0 Å². The smallest absolute Gasteiger partial charge is 0.325 e.